The molecule has 0 fully saturated rings. The van der Waals surface area contributed by atoms with E-state index in [0.29, 0.717) is 0 Å². The third-order valence-electron chi connectivity index (χ3n) is 1.89. The lowest BCUT2D eigenvalue weighted by molar-refractivity contribution is 0.860. The van der Waals surface area contributed by atoms with Crippen molar-refractivity contribution < 1.29 is 0 Å². The van der Waals surface area contributed by atoms with Gasteiger partial charge in [0.1, 0.15) is 0 Å². The zero-order valence-electron chi connectivity index (χ0n) is 7.53. The Bertz CT molecular complexity index is 210. The van der Waals surface area contributed by atoms with Gasteiger partial charge in [-0.15, -0.1) is 9.24 Å². The van der Waals surface area contributed by atoms with Crippen molar-refractivity contribution in [1.82, 2.24) is 0 Å². The van der Waals surface area contributed by atoms with Gasteiger partial charge in [0.05, 0.1) is 0 Å². The summed E-state index contributed by atoms with van der Waals surface area (Å²) >= 11 is 0. The van der Waals surface area contributed by atoms with Crippen LogP contribution in [0.1, 0.15) is 6.42 Å². The minimum atomic E-state index is 1.13. The molecule has 66 valence electrons. The van der Waals surface area contributed by atoms with Crippen LogP contribution >= 0.6 is 9.24 Å². The maximum Gasteiger partial charge on any atom is 0.0363 e. The van der Waals surface area contributed by atoms with Crippen LogP contribution in [0.2, 0.25) is 0 Å². The van der Waals surface area contributed by atoms with E-state index in [2.05, 4.69) is 45.5 Å². The molecule has 0 aromatic heterocycles. The van der Waals surface area contributed by atoms with Crippen molar-refractivity contribution in [3.05, 3.63) is 30.3 Å². The van der Waals surface area contributed by atoms with Gasteiger partial charge in [-0.3, -0.25) is 0 Å². The fourth-order valence-electron chi connectivity index (χ4n) is 1.14. The number of rotatable bonds is 4. The topological polar surface area (TPSA) is 3.24 Å². The molecule has 12 heavy (non-hydrogen) atoms. The van der Waals surface area contributed by atoms with Crippen molar-refractivity contribution in [3.63, 3.8) is 0 Å². The summed E-state index contributed by atoms with van der Waals surface area (Å²) in [5.74, 6) is 0. The number of nitrogens with zero attached hydrogens (tertiary/aromatic N) is 1. The molecule has 0 heterocycles. The van der Waals surface area contributed by atoms with Crippen LogP contribution in [0, 0.1) is 0 Å². The predicted molar refractivity (Wildman–Crippen MR) is 58.9 cm³/mol. The highest BCUT2D eigenvalue weighted by Crippen LogP contribution is 2.10. The van der Waals surface area contributed by atoms with Crippen molar-refractivity contribution in [2.24, 2.45) is 0 Å². The first-order chi connectivity index (χ1) is 5.84. The highest BCUT2D eigenvalue weighted by Gasteiger charge is 1.96. The average Bonchev–Trinajstić information content (AvgIpc) is 2.15. The summed E-state index contributed by atoms with van der Waals surface area (Å²) in [6, 6.07) is 10.5. The molecule has 0 aliphatic heterocycles. The van der Waals surface area contributed by atoms with Crippen LogP contribution < -0.4 is 4.90 Å². The Labute approximate surface area is 77.0 Å². The maximum atomic E-state index is 2.76. The first-order valence-corrected chi connectivity index (χ1v) is 5.12. The molecule has 2 heteroatoms. The van der Waals surface area contributed by atoms with Crippen molar-refractivity contribution in [1.29, 1.82) is 0 Å². The van der Waals surface area contributed by atoms with Gasteiger partial charge in [0.2, 0.25) is 0 Å². The van der Waals surface area contributed by atoms with Gasteiger partial charge in [-0.25, -0.2) is 0 Å². The largest absolute Gasteiger partial charge is 0.375 e. The zero-order valence-corrected chi connectivity index (χ0v) is 8.69. The molecule has 0 aliphatic carbocycles. The molecule has 0 saturated heterocycles. The summed E-state index contributed by atoms with van der Waals surface area (Å²) < 4.78 is 0. The van der Waals surface area contributed by atoms with Crippen LogP contribution in [0.5, 0.6) is 0 Å². The standard InChI is InChI=1S/C10H16NP/c1-11(8-5-9-12)10-6-3-2-4-7-10/h2-4,6-7H,5,8-9,12H2,1H3. The lowest BCUT2D eigenvalue weighted by Crippen LogP contribution is -2.18. The highest BCUT2D eigenvalue weighted by molar-refractivity contribution is 7.16. The summed E-state index contributed by atoms with van der Waals surface area (Å²) in [4.78, 5) is 2.28. The number of hydrogen-bond acceptors (Lipinski definition) is 1. The monoisotopic (exact) mass is 181 g/mol. The summed E-state index contributed by atoms with van der Waals surface area (Å²) in [5.41, 5.74) is 1.30. The van der Waals surface area contributed by atoms with E-state index >= 15 is 0 Å². The molecular formula is C10H16NP. The van der Waals surface area contributed by atoms with Crippen LogP contribution in [-0.4, -0.2) is 19.8 Å². The molecule has 0 bridgehead atoms. The van der Waals surface area contributed by atoms with Gasteiger partial charge >= 0.3 is 0 Å². The molecule has 1 unspecified atom stereocenters. The molecule has 0 radical (unpaired) electrons. The van der Waals surface area contributed by atoms with Gasteiger partial charge in [0.25, 0.3) is 0 Å². The average molecular weight is 181 g/mol. The van der Waals surface area contributed by atoms with Gasteiger partial charge in [0, 0.05) is 19.3 Å². The molecule has 1 rings (SSSR count). The Balaban J connectivity index is 2.48. The van der Waals surface area contributed by atoms with Crippen molar-refractivity contribution >= 4 is 14.9 Å². The van der Waals surface area contributed by atoms with E-state index in [9.17, 15) is 0 Å². The van der Waals surface area contributed by atoms with Crippen LogP contribution in [0.25, 0.3) is 0 Å². The molecule has 0 N–H and O–H groups in total. The first kappa shape index (κ1) is 9.54. The molecule has 0 spiro atoms. The van der Waals surface area contributed by atoms with Crippen molar-refractivity contribution in [2.45, 2.75) is 6.42 Å². The fraction of sp³-hybridized carbons (Fsp3) is 0.400. The SMILES string of the molecule is CN(CCCP)c1ccccc1. The molecule has 0 saturated carbocycles. The number of benzene rings is 1. The van der Waals surface area contributed by atoms with Crippen LogP contribution in [0.4, 0.5) is 5.69 Å². The predicted octanol–water partition coefficient (Wildman–Crippen LogP) is 2.39. The van der Waals surface area contributed by atoms with E-state index in [1.165, 1.54) is 18.3 Å². The Morgan fingerprint density at radius 2 is 1.92 bits per heavy atom. The summed E-state index contributed by atoms with van der Waals surface area (Å²) in [7, 11) is 4.89. The van der Waals surface area contributed by atoms with E-state index in [1.807, 2.05) is 6.07 Å². The fourth-order valence-corrected chi connectivity index (χ4v) is 1.32. The van der Waals surface area contributed by atoms with Gasteiger partial charge < -0.3 is 4.90 Å². The van der Waals surface area contributed by atoms with Gasteiger partial charge in [-0.05, 0) is 24.7 Å². The zero-order chi connectivity index (χ0) is 8.81. The normalized spacial score (nSPS) is 9.83. The quantitative estimate of drug-likeness (QED) is 0.645. The smallest absolute Gasteiger partial charge is 0.0363 e. The minimum Gasteiger partial charge on any atom is -0.375 e. The molecule has 1 nitrogen and oxygen atoms in total. The van der Waals surface area contributed by atoms with Gasteiger partial charge in [-0.2, -0.15) is 0 Å². The minimum absolute atomic E-state index is 1.13. The van der Waals surface area contributed by atoms with Crippen molar-refractivity contribution in [3.8, 4) is 0 Å². The second-order valence-electron chi connectivity index (χ2n) is 2.90. The molecule has 0 amide bonds. The Hall–Kier alpha value is -0.550. The summed E-state index contributed by atoms with van der Waals surface area (Å²) in [5, 5.41) is 0. The van der Waals surface area contributed by atoms with Gasteiger partial charge in [0.15, 0.2) is 0 Å². The Kier molecular flexibility index (Phi) is 4.10. The second-order valence-corrected chi connectivity index (χ2v) is 3.48. The number of anilines is 1. The summed E-state index contributed by atoms with van der Waals surface area (Å²) in [6.07, 6.45) is 2.41. The maximum absolute atomic E-state index is 2.76. The molecule has 1 aromatic rings. The first-order valence-electron chi connectivity index (χ1n) is 4.31. The van der Waals surface area contributed by atoms with Gasteiger partial charge in [-0.1, -0.05) is 18.2 Å². The van der Waals surface area contributed by atoms with E-state index in [4.69, 9.17) is 0 Å². The molecule has 1 atom stereocenters. The van der Waals surface area contributed by atoms with Crippen LogP contribution in [0.15, 0.2) is 30.3 Å². The lowest BCUT2D eigenvalue weighted by Gasteiger charge is -2.18. The second kappa shape index (κ2) is 5.16. The van der Waals surface area contributed by atoms with E-state index in [-0.39, 0.29) is 0 Å². The van der Waals surface area contributed by atoms with E-state index in [0.717, 1.165) is 6.54 Å². The summed E-state index contributed by atoms with van der Waals surface area (Å²) in [6.45, 7) is 1.13. The number of para-hydroxylation sites is 1. The molecule has 0 aliphatic rings. The van der Waals surface area contributed by atoms with Crippen molar-refractivity contribution in [2.75, 3.05) is 24.7 Å². The highest BCUT2D eigenvalue weighted by atomic mass is 31.0. The van der Waals surface area contributed by atoms with E-state index < -0.39 is 0 Å². The Morgan fingerprint density at radius 3 is 2.50 bits per heavy atom. The molecule has 1 aromatic carbocycles. The Morgan fingerprint density at radius 1 is 1.25 bits per heavy atom. The lowest BCUT2D eigenvalue weighted by atomic mass is 10.3. The molecular weight excluding hydrogens is 165 g/mol. The van der Waals surface area contributed by atoms with E-state index in [1.54, 1.807) is 0 Å². The van der Waals surface area contributed by atoms with Crippen LogP contribution in [-0.2, 0) is 0 Å². The third-order valence-corrected chi connectivity index (χ3v) is 2.30. The van der Waals surface area contributed by atoms with Crippen LogP contribution in [0.3, 0.4) is 0 Å². The number of hydrogen-bond donors (Lipinski definition) is 0. The third kappa shape index (κ3) is 2.83.